The lowest BCUT2D eigenvalue weighted by molar-refractivity contribution is -0.138. The summed E-state index contributed by atoms with van der Waals surface area (Å²) in [4.78, 5) is 12.9. The predicted molar refractivity (Wildman–Crippen MR) is 94.3 cm³/mol. The Morgan fingerprint density at radius 1 is 1.30 bits per heavy atom. The van der Waals surface area contributed by atoms with Crippen LogP contribution in [0.5, 0.6) is 11.5 Å². The average molecular weight is 388 g/mol. The molecule has 1 aromatic carbocycles. The molecular weight excluding hydrogens is 362 g/mol. The van der Waals surface area contributed by atoms with Crippen molar-refractivity contribution in [3.8, 4) is 11.5 Å². The standard InChI is InChI=1S/C17H26BrNO4/c1-5-7-23-17-14(18)8-13(9-15(17)22-6-2)10-19(12(3)4)11-16(20)21/h8-9,12H,5-7,10-11H2,1-4H3,(H,20,21). The zero-order chi connectivity index (χ0) is 17.4. The number of aliphatic carboxylic acids is 1. The summed E-state index contributed by atoms with van der Waals surface area (Å²) in [6.07, 6.45) is 0.916. The molecule has 0 spiro atoms. The summed E-state index contributed by atoms with van der Waals surface area (Å²) in [5.74, 6) is 0.557. The molecule has 1 rings (SSSR count). The Kier molecular flexibility index (Phi) is 8.41. The molecule has 130 valence electrons. The van der Waals surface area contributed by atoms with Crippen molar-refractivity contribution in [2.24, 2.45) is 0 Å². The largest absolute Gasteiger partial charge is 0.490 e. The van der Waals surface area contributed by atoms with Gasteiger partial charge < -0.3 is 14.6 Å². The monoisotopic (exact) mass is 387 g/mol. The van der Waals surface area contributed by atoms with Gasteiger partial charge in [0.05, 0.1) is 24.2 Å². The summed E-state index contributed by atoms with van der Waals surface area (Å²) in [6, 6.07) is 4.03. The molecule has 0 radical (unpaired) electrons. The Balaban J connectivity index is 3.04. The van der Waals surface area contributed by atoms with E-state index in [9.17, 15) is 4.79 Å². The molecular formula is C17H26BrNO4. The fourth-order valence-electron chi connectivity index (χ4n) is 2.15. The van der Waals surface area contributed by atoms with Gasteiger partial charge in [0.1, 0.15) is 0 Å². The number of carboxylic acids is 1. The van der Waals surface area contributed by atoms with Crippen LogP contribution in [0.1, 0.15) is 39.7 Å². The molecule has 0 aromatic heterocycles. The van der Waals surface area contributed by atoms with E-state index in [4.69, 9.17) is 14.6 Å². The van der Waals surface area contributed by atoms with Crippen molar-refractivity contribution in [3.05, 3.63) is 22.2 Å². The maximum Gasteiger partial charge on any atom is 0.317 e. The van der Waals surface area contributed by atoms with Crippen molar-refractivity contribution < 1.29 is 19.4 Å². The van der Waals surface area contributed by atoms with E-state index < -0.39 is 5.97 Å². The summed E-state index contributed by atoms with van der Waals surface area (Å²) in [6.45, 7) is 9.66. The lowest BCUT2D eigenvalue weighted by Gasteiger charge is -2.25. The SMILES string of the molecule is CCCOc1c(Br)cc(CN(CC(=O)O)C(C)C)cc1OCC. The summed E-state index contributed by atoms with van der Waals surface area (Å²) < 4.78 is 12.3. The highest BCUT2D eigenvalue weighted by Crippen LogP contribution is 2.37. The molecule has 0 atom stereocenters. The van der Waals surface area contributed by atoms with E-state index in [2.05, 4.69) is 22.9 Å². The van der Waals surface area contributed by atoms with Crippen LogP contribution in [-0.4, -0.2) is 41.8 Å². The minimum absolute atomic E-state index is 0.00728. The molecule has 0 amide bonds. The molecule has 0 fully saturated rings. The molecule has 23 heavy (non-hydrogen) atoms. The normalized spacial score (nSPS) is 11.1. The highest BCUT2D eigenvalue weighted by molar-refractivity contribution is 9.10. The minimum atomic E-state index is -0.828. The quantitative estimate of drug-likeness (QED) is 0.658. The van der Waals surface area contributed by atoms with Crippen LogP contribution in [0.25, 0.3) is 0 Å². The van der Waals surface area contributed by atoms with Gasteiger partial charge in [0.15, 0.2) is 11.5 Å². The van der Waals surface area contributed by atoms with Crippen molar-refractivity contribution in [3.63, 3.8) is 0 Å². The first-order valence-electron chi connectivity index (χ1n) is 7.92. The third-order valence-corrected chi connectivity index (χ3v) is 3.86. The van der Waals surface area contributed by atoms with Crippen LogP contribution in [0.3, 0.4) is 0 Å². The molecule has 0 aliphatic heterocycles. The van der Waals surface area contributed by atoms with E-state index in [1.165, 1.54) is 0 Å². The van der Waals surface area contributed by atoms with Crippen molar-refractivity contribution >= 4 is 21.9 Å². The van der Waals surface area contributed by atoms with Gasteiger partial charge in [-0.1, -0.05) is 6.92 Å². The van der Waals surface area contributed by atoms with Gasteiger partial charge in [-0.2, -0.15) is 0 Å². The van der Waals surface area contributed by atoms with Gasteiger partial charge in [0.2, 0.25) is 0 Å². The highest BCUT2D eigenvalue weighted by atomic mass is 79.9. The summed E-state index contributed by atoms with van der Waals surface area (Å²) >= 11 is 3.54. The van der Waals surface area contributed by atoms with Crippen LogP contribution >= 0.6 is 15.9 Å². The second kappa shape index (κ2) is 9.78. The maximum atomic E-state index is 11.0. The molecule has 0 saturated carbocycles. The number of hydrogen-bond donors (Lipinski definition) is 1. The van der Waals surface area contributed by atoms with Crippen LogP contribution in [0, 0.1) is 0 Å². The first kappa shape index (κ1) is 19.8. The zero-order valence-corrected chi connectivity index (χ0v) is 15.9. The number of carboxylic acid groups (broad SMARTS) is 1. The van der Waals surface area contributed by atoms with E-state index in [-0.39, 0.29) is 12.6 Å². The fraction of sp³-hybridized carbons (Fsp3) is 0.588. The third kappa shape index (κ3) is 6.39. The molecule has 5 nitrogen and oxygen atoms in total. The van der Waals surface area contributed by atoms with Gasteiger partial charge in [-0.05, 0) is 60.8 Å². The van der Waals surface area contributed by atoms with Gasteiger partial charge in [-0.25, -0.2) is 0 Å². The topological polar surface area (TPSA) is 59.0 Å². The van der Waals surface area contributed by atoms with Crippen molar-refractivity contribution in [1.82, 2.24) is 4.90 Å². The molecule has 1 N–H and O–H groups in total. The smallest absolute Gasteiger partial charge is 0.317 e. The number of hydrogen-bond acceptors (Lipinski definition) is 4. The predicted octanol–water partition coefficient (Wildman–Crippen LogP) is 3.93. The number of halogens is 1. The van der Waals surface area contributed by atoms with Crippen LogP contribution in [-0.2, 0) is 11.3 Å². The second-order valence-electron chi connectivity index (χ2n) is 5.58. The van der Waals surface area contributed by atoms with Gasteiger partial charge in [-0.15, -0.1) is 0 Å². The summed E-state index contributed by atoms with van der Waals surface area (Å²) in [5.41, 5.74) is 0.985. The molecule has 0 aliphatic carbocycles. The minimum Gasteiger partial charge on any atom is -0.490 e. The van der Waals surface area contributed by atoms with E-state index in [1.807, 2.05) is 37.8 Å². The molecule has 1 aromatic rings. The molecule has 0 aliphatic rings. The van der Waals surface area contributed by atoms with E-state index >= 15 is 0 Å². The molecule has 6 heteroatoms. The van der Waals surface area contributed by atoms with Gasteiger partial charge >= 0.3 is 5.97 Å². The Labute approximate surface area is 146 Å². The Hall–Kier alpha value is -1.27. The van der Waals surface area contributed by atoms with Crippen LogP contribution in [0.2, 0.25) is 0 Å². The first-order chi connectivity index (χ1) is 10.9. The molecule has 0 bridgehead atoms. The van der Waals surface area contributed by atoms with Crippen LogP contribution < -0.4 is 9.47 Å². The van der Waals surface area contributed by atoms with Crippen molar-refractivity contribution in [2.45, 2.75) is 46.7 Å². The Bertz CT molecular complexity index is 520. The Morgan fingerprint density at radius 2 is 2.00 bits per heavy atom. The lowest BCUT2D eigenvalue weighted by atomic mass is 10.1. The summed E-state index contributed by atoms with van der Waals surface area (Å²) in [7, 11) is 0. The van der Waals surface area contributed by atoms with Crippen molar-refractivity contribution in [1.29, 1.82) is 0 Å². The lowest BCUT2D eigenvalue weighted by Crippen LogP contribution is -2.35. The number of nitrogens with zero attached hydrogens (tertiary/aromatic N) is 1. The van der Waals surface area contributed by atoms with E-state index in [0.29, 0.717) is 31.3 Å². The van der Waals surface area contributed by atoms with Crippen LogP contribution in [0.15, 0.2) is 16.6 Å². The number of carbonyl (C=O) groups is 1. The van der Waals surface area contributed by atoms with E-state index in [1.54, 1.807) is 0 Å². The van der Waals surface area contributed by atoms with Gasteiger partial charge in [-0.3, -0.25) is 9.69 Å². The van der Waals surface area contributed by atoms with Crippen LogP contribution in [0.4, 0.5) is 0 Å². The number of rotatable bonds is 10. The first-order valence-corrected chi connectivity index (χ1v) is 8.72. The second-order valence-corrected chi connectivity index (χ2v) is 6.43. The zero-order valence-electron chi connectivity index (χ0n) is 14.3. The van der Waals surface area contributed by atoms with Gasteiger partial charge in [0, 0.05) is 12.6 Å². The molecule has 0 saturated heterocycles. The number of ether oxygens (including phenoxy) is 2. The Morgan fingerprint density at radius 3 is 2.52 bits per heavy atom. The molecule has 0 unspecified atom stereocenters. The fourth-order valence-corrected chi connectivity index (χ4v) is 2.75. The maximum absolute atomic E-state index is 11.0. The molecule has 0 heterocycles. The van der Waals surface area contributed by atoms with Crippen molar-refractivity contribution in [2.75, 3.05) is 19.8 Å². The third-order valence-electron chi connectivity index (χ3n) is 3.27. The summed E-state index contributed by atoms with van der Waals surface area (Å²) in [5, 5.41) is 9.05. The van der Waals surface area contributed by atoms with Gasteiger partial charge in [0.25, 0.3) is 0 Å². The highest BCUT2D eigenvalue weighted by Gasteiger charge is 2.17. The van der Waals surface area contributed by atoms with E-state index in [0.717, 1.165) is 16.5 Å². The average Bonchev–Trinajstić information content (AvgIpc) is 2.45. The number of benzene rings is 1.